The lowest BCUT2D eigenvalue weighted by atomic mass is 9.73. The summed E-state index contributed by atoms with van der Waals surface area (Å²) in [4.78, 5) is 33.0. The van der Waals surface area contributed by atoms with Gasteiger partial charge in [-0.3, -0.25) is 9.59 Å². The largest absolute Gasteiger partial charge is 0.340 e. The van der Waals surface area contributed by atoms with Gasteiger partial charge in [0.15, 0.2) is 11.7 Å². The van der Waals surface area contributed by atoms with Crippen molar-refractivity contribution < 1.29 is 22.4 Å². The minimum absolute atomic E-state index is 0.171. The van der Waals surface area contributed by atoms with E-state index in [0.29, 0.717) is 0 Å². The van der Waals surface area contributed by atoms with Gasteiger partial charge in [-0.05, 0) is 60.9 Å². The van der Waals surface area contributed by atoms with E-state index in [4.69, 9.17) is 0 Å². The molecule has 2 aliphatic heterocycles. The molecule has 2 saturated carbocycles. The summed E-state index contributed by atoms with van der Waals surface area (Å²) in [5.74, 6) is -2.53. The molecule has 10 heteroatoms. The van der Waals surface area contributed by atoms with Gasteiger partial charge in [-0.1, -0.05) is 12.1 Å². The van der Waals surface area contributed by atoms with E-state index in [1.165, 1.54) is 24.4 Å². The smallest absolute Gasteiger partial charge is 0.303 e. The van der Waals surface area contributed by atoms with E-state index in [0.717, 1.165) is 24.8 Å². The molecule has 2 bridgehead atoms. The highest BCUT2D eigenvalue weighted by Crippen LogP contribution is 2.54. The average Bonchev–Trinajstić information content (AvgIpc) is 3.40. The number of hydrogen-bond acceptors (Lipinski definition) is 6. The zero-order chi connectivity index (χ0) is 22.9. The van der Waals surface area contributed by atoms with Crippen LogP contribution in [0, 0.1) is 29.5 Å². The van der Waals surface area contributed by atoms with E-state index < -0.39 is 21.8 Å². The van der Waals surface area contributed by atoms with Crippen LogP contribution in [0.15, 0.2) is 52.0 Å². The SMILES string of the molecule is O=C1C(C2=NS(=O)(=O)c3ncccc3N2)C(=O)N(Cc2ccc(F)cc2)[C@H]2[C@@H]3CC[C@@H](C3)[C@@H]12. The van der Waals surface area contributed by atoms with E-state index in [2.05, 4.69) is 14.7 Å². The quantitative estimate of drug-likeness (QED) is 0.693. The third-order valence-corrected chi connectivity index (χ3v) is 8.66. The number of pyridine rings is 1. The number of amidine groups is 1. The van der Waals surface area contributed by atoms with Gasteiger partial charge in [0.2, 0.25) is 10.9 Å². The standard InChI is InChI=1S/C23H21FN4O4S/c24-15-7-3-12(4-8-15)11-28-19-14-6-5-13(10-14)17(19)20(29)18(23(28)30)21-26-16-2-1-9-25-22(16)33(31,32)27-21/h1-4,7-9,13-14,17-19H,5-6,10-11H2,(H,26,27)/t13-,14+,17+,18?,19-/m0/s1. The lowest BCUT2D eigenvalue weighted by Crippen LogP contribution is -2.61. The fourth-order valence-corrected chi connectivity index (χ4v) is 7.20. The van der Waals surface area contributed by atoms with Crippen LogP contribution in [0.1, 0.15) is 24.8 Å². The Bertz CT molecular complexity index is 1310. The Morgan fingerprint density at radius 1 is 1.09 bits per heavy atom. The molecule has 1 amide bonds. The molecule has 2 aromatic rings. The molecule has 1 unspecified atom stereocenters. The van der Waals surface area contributed by atoms with Gasteiger partial charge in [-0.25, -0.2) is 9.37 Å². The number of nitrogens with zero attached hydrogens (tertiary/aromatic N) is 3. The molecule has 2 aliphatic carbocycles. The number of amides is 1. The fourth-order valence-electron chi connectivity index (χ4n) is 6.11. The van der Waals surface area contributed by atoms with Crippen molar-refractivity contribution in [3.8, 4) is 0 Å². The second-order valence-electron chi connectivity index (χ2n) is 9.21. The summed E-state index contributed by atoms with van der Waals surface area (Å²) in [6.07, 6.45) is 4.11. The monoisotopic (exact) mass is 468 g/mol. The summed E-state index contributed by atoms with van der Waals surface area (Å²) in [6.45, 7) is 0.228. The molecule has 1 saturated heterocycles. The molecule has 4 aliphatic rings. The number of halogens is 1. The van der Waals surface area contributed by atoms with Crippen molar-refractivity contribution in [3.63, 3.8) is 0 Å². The minimum Gasteiger partial charge on any atom is -0.340 e. The second kappa shape index (κ2) is 7.18. The Morgan fingerprint density at radius 3 is 2.64 bits per heavy atom. The first-order valence-corrected chi connectivity index (χ1v) is 12.4. The highest BCUT2D eigenvalue weighted by atomic mass is 32.2. The van der Waals surface area contributed by atoms with Crippen molar-refractivity contribution in [2.45, 2.75) is 36.9 Å². The number of piperidine rings is 1. The Labute approximate surface area is 190 Å². The van der Waals surface area contributed by atoms with E-state index in [1.807, 2.05) is 0 Å². The Balaban J connectivity index is 1.41. The van der Waals surface area contributed by atoms with Crippen LogP contribution < -0.4 is 5.32 Å². The van der Waals surface area contributed by atoms with Crippen molar-refractivity contribution in [1.82, 2.24) is 9.88 Å². The van der Waals surface area contributed by atoms with Crippen LogP contribution in [-0.4, -0.2) is 41.9 Å². The van der Waals surface area contributed by atoms with E-state index in [-0.39, 0.29) is 58.5 Å². The molecule has 33 heavy (non-hydrogen) atoms. The molecule has 5 atom stereocenters. The van der Waals surface area contributed by atoms with Crippen molar-refractivity contribution in [2.75, 3.05) is 5.32 Å². The van der Waals surface area contributed by atoms with Crippen LogP contribution in [0.5, 0.6) is 0 Å². The van der Waals surface area contributed by atoms with Crippen LogP contribution in [-0.2, 0) is 26.2 Å². The van der Waals surface area contributed by atoms with Gasteiger partial charge in [0, 0.05) is 24.7 Å². The molecule has 0 radical (unpaired) electrons. The maximum Gasteiger partial charge on any atom is 0.303 e. The van der Waals surface area contributed by atoms with Gasteiger partial charge in [-0.2, -0.15) is 8.42 Å². The highest BCUT2D eigenvalue weighted by molar-refractivity contribution is 7.90. The number of benzene rings is 1. The molecule has 170 valence electrons. The summed E-state index contributed by atoms with van der Waals surface area (Å²) in [5.41, 5.74) is 0.948. The molecule has 1 aromatic heterocycles. The summed E-state index contributed by atoms with van der Waals surface area (Å²) < 4.78 is 42.7. The number of nitrogens with one attached hydrogen (secondary N) is 1. The van der Waals surface area contributed by atoms with E-state index in [1.54, 1.807) is 23.1 Å². The molecule has 6 rings (SSSR count). The maximum atomic E-state index is 13.7. The predicted molar refractivity (Wildman–Crippen MR) is 116 cm³/mol. The molecule has 3 heterocycles. The number of fused-ring (bicyclic) bond motifs is 6. The maximum absolute atomic E-state index is 13.7. The zero-order valence-electron chi connectivity index (χ0n) is 17.5. The Hall–Kier alpha value is -3.14. The van der Waals surface area contributed by atoms with E-state index >= 15 is 0 Å². The summed E-state index contributed by atoms with van der Waals surface area (Å²) in [6, 6.07) is 8.81. The molecular weight excluding hydrogens is 447 g/mol. The van der Waals surface area contributed by atoms with Gasteiger partial charge in [0.1, 0.15) is 11.7 Å². The number of rotatable bonds is 3. The van der Waals surface area contributed by atoms with Crippen molar-refractivity contribution >= 4 is 33.2 Å². The molecular formula is C23H21FN4O4S. The Kier molecular flexibility index (Phi) is 4.45. The molecule has 1 aromatic carbocycles. The first-order valence-electron chi connectivity index (χ1n) is 11.0. The van der Waals surface area contributed by atoms with Crippen LogP contribution >= 0.6 is 0 Å². The highest BCUT2D eigenvalue weighted by Gasteiger charge is 2.60. The average molecular weight is 469 g/mol. The van der Waals surface area contributed by atoms with Crippen LogP contribution in [0.3, 0.4) is 0 Å². The predicted octanol–water partition coefficient (Wildman–Crippen LogP) is 2.38. The van der Waals surface area contributed by atoms with Crippen molar-refractivity contribution in [3.05, 3.63) is 54.0 Å². The van der Waals surface area contributed by atoms with Gasteiger partial charge in [0.05, 0.1) is 5.69 Å². The number of sulfonamides is 1. The van der Waals surface area contributed by atoms with Crippen LogP contribution in [0.25, 0.3) is 0 Å². The molecule has 3 fully saturated rings. The van der Waals surface area contributed by atoms with Crippen LogP contribution in [0.2, 0.25) is 0 Å². The number of ketones is 1. The first kappa shape index (κ1) is 20.5. The van der Waals surface area contributed by atoms with E-state index in [9.17, 15) is 22.4 Å². The van der Waals surface area contributed by atoms with Gasteiger partial charge < -0.3 is 10.2 Å². The topological polar surface area (TPSA) is 109 Å². The number of carbonyl (C=O) groups excluding carboxylic acids is 2. The number of carbonyl (C=O) groups is 2. The third-order valence-electron chi connectivity index (χ3n) is 7.41. The molecule has 8 nitrogen and oxygen atoms in total. The lowest BCUT2D eigenvalue weighted by Gasteiger charge is -2.45. The fraction of sp³-hybridized carbons (Fsp3) is 0.391. The number of Topliss-reactive ketones (excluding diaryl/α,β-unsaturated/α-hetero) is 1. The molecule has 0 spiro atoms. The zero-order valence-corrected chi connectivity index (χ0v) is 18.3. The number of aromatic nitrogens is 1. The lowest BCUT2D eigenvalue weighted by molar-refractivity contribution is -0.153. The normalized spacial score (nSPS) is 31.6. The van der Waals surface area contributed by atoms with Gasteiger partial charge >= 0.3 is 10.0 Å². The third kappa shape index (κ3) is 3.11. The second-order valence-corrected chi connectivity index (χ2v) is 10.7. The summed E-state index contributed by atoms with van der Waals surface area (Å²) >= 11 is 0. The van der Waals surface area contributed by atoms with Crippen molar-refractivity contribution in [1.29, 1.82) is 0 Å². The summed E-state index contributed by atoms with van der Waals surface area (Å²) in [7, 11) is -4.15. The summed E-state index contributed by atoms with van der Waals surface area (Å²) in [5, 5.41) is 2.66. The number of hydrogen-bond donors (Lipinski definition) is 1. The van der Waals surface area contributed by atoms with Gasteiger partial charge in [-0.15, -0.1) is 4.40 Å². The first-order chi connectivity index (χ1) is 15.8. The van der Waals surface area contributed by atoms with Crippen molar-refractivity contribution in [2.24, 2.45) is 28.1 Å². The van der Waals surface area contributed by atoms with Crippen LogP contribution in [0.4, 0.5) is 10.1 Å². The number of likely N-dealkylation sites (tertiary alicyclic amines) is 1. The molecule has 1 N–H and O–H groups in total. The van der Waals surface area contributed by atoms with Gasteiger partial charge in [0.25, 0.3) is 0 Å². The number of anilines is 1. The minimum atomic E-state index is -4.15. The Morgan fingerprint density at radius 2 is 1.85 bits per heavy atom.